The van der Waals surface area contributed by atoms with Crippen molar-refractivity contribution in [1.29, 1.82) is 0 Å². The second kappa shape index (κ2) is 6.62. The van der Waals surface area contributed by atoms with Crippen LogP contribution < -0.4 is 4.90 Å². The summed E-state index contributed by atoms with van der Waals surface area (Å²) in [6.45, 7) is 5.71. The first kappa shape index (κ1) is 15.7. The van der Waals surface area contributed by atoms with Crippen LogP contribution in [0.2, 0.25) is 0 Å². The molecule has 0 saturated carbocycles. The summed E-state index contributed by atoms with van der Waals surface area (Å²) in [6, 6.07) is 5.92. The molecule has 0 aliphatic carbocycles. The zero-order chi connectivity index (χ0) is 17.2. The van der Waals surface area contributed by atoms with E-state index in [2.05, 4.69) is 30.3 Å². The van der Waals surface area contributed by atoms with Crippen LogP contribution in [-0.4, -0.2) is 43.2 Å². The first-order valence-electron chi connectivity index (χ1n) is 8.58. The van der Waals surface area contributed by atoms with Crippen molar-refractivity contribution in [3.05, 3.63) is 41.8 Å². The Kier molecular flexibility index (Phi) is 4.17. The number of aromatic nitrogens is 6. The molecular formula is C17H21N7O. The van der Waals surface area contributed by atoms with Crippen molar-refractivity contribution in [3.63, 3.8) is 0 Å². The van der Waals surface area contributed by atoms with Crippen molar-refractivity contribution < 1.29 is 4.52 Å². The molecule has 0 unspecified atom stereocenters. The van der Waals surface area contributed by atoms with E-state index in [9.17, 15) is 0 Å². The van der Waals surface area contributed by atoms with Gasteiger partial charge in [0, 0.05) is 32.6 Å². The highest BCUT2D eigenvalue weighted by Crippen LogP contribution is 2.23. The summed E-state index contributed by atoms with van der Waals surface area (Å²) in [5.41, 5.74) is 0.960. The van der Waals surface area contributed by atoms with E-state index in [1.165, 1.54) is 6.42 Å². The fourth-order valence-electron chi connectivity index (χ4n) is 3.27. The van der Waals surface area contributed by atoms with Crippen LogP contribution in [0.15, 0.2) is 28.9 Å². The van der Waals surface area contributed by atoms with Gasteiger partial charge in [-0.25, -0.2) is 4.68 Å². The Morgan fingerprint density at radius 1 is 1.16 bits per heavy atom. The van der Waals surface area contributed by atoms with E-state index in [-0.39, 0.29) is 0 Å². The van der Waals surface area contributed by atoms with Gasteiger partial charge >= 0.3 is 0 Å². The van der Waals surface area contributed by atoms with Crippen molar-refractivity contribution in [2.75, 3.05) is 18.0 Å². The van der Waals surface area contributed by atoms with E-state index in [4.69, 9.17) is 4.52 Å². The summed E-state index contributed by atoms with van der Waals surface area (Å²) in [5.74, 6) is 3.55. The highest BCUT2D eigenvalue weighted by molar-refractivity contribution is 5.40. The lowest BCUT2D eigenvalue weighted by atomic mass is 9.94. The Hall–Kier alpha value is -2.77. The minimum Gasteiger partial charge on any atom is -0.355 e. The Balaban J connectivity index is 1.44. The molecule has 1 aliphatic heterocycles. The molecular weight excluding hydrogens is 318 g/mol. The zero-order valence-electron chi connectivity index (χ0n) is 14.5. The number of anilines is 1. The van der Waals surface area contributed by atoms with Gasteiger partial charge in [0.1, 0.15) is 0 Å². The standard InChI is InChI=1S/C17H21N7O/c1-12-7-9-24(21-12)17-6-5-16(19-20-17)23-8-3-4-14(11-23)10-15-18-13(2)25-22-15/h5-7,9,14H,3-4,8,10-11H2,1-2H3/t14-/m1/s1. The van der Waals surface area contributed by atoms with E-state index in [0.29, 0.717) is 11.8 Å². The predicted octanol–water partition coefficient (Wildman–Crippen LogP) is 2.12. The second-order valence-electron chi connectivity index (χ2n) is 6.54. The molecule has 4 rings (SSSR count). The molecule has 3 aromatic rings. The molecule has 25 heavy (non-hydrogen) atoms. The Labute approximate surface area is 145 Å². The molecule has 0 bridgehead atoms. The number of aryl methyl sites for hydroxylation is 2. The molecule has 0 amide bonds. The Morgan fingerprint density at radius 2 is 2.00 bits per heavy atom. The van der Waals surface area contributed by atoms with Crippen molar-refractivity contribution in [2.24, 2.45) is 5.92 Å². The second-order valence-corrected chi connectivity index (χ2v) is 6.54. The van der Waals surface area contributed by atoms with Gasteiger partial charge < -0.3 is 9.42 Å². The molecule has 8 heteroatoms. The maximum atomic E-state index is 5.07. The van der Waals surface area contributed by atoms with E-state index >= 15 is 0 Å². The highest BCUT2D eigenvalue weighted by atomic mass is 16.5. The van der Waals surface area contributed by atoms with Crippen LogP contribution in [0.3, 0.4) is 0 Å². The van der Waals surface area contributed by atoms with Crippen LogP contribution in [0.4, 0.5) is 5.82 Å². The van der Waals surface area contributed by atoms with Gasteiger partial charge in [-0.3, -0.25) is 0 Å². The summed E-state index contributed by atoms with van der Waals surface area (Å²) >= 11 is 0. The van der Waals surface area contributed by atoms with Crippen molar-refractivity contribution in [2.45, 2.75) is 33.1 Å². The fourth-order valence-corrected chi connectivity index (χ4v) is 3.27. The minimum absolute atomic E-state index is 0.501. The van der Waals surface area contributed by atoms with Crippen LogP contribution in [0.5, 0.6) is 0 Å². The minimum atomic E-state index is 0.501. The topological polar surface area (TPSA) is 85.8 Å². The molecule has 1 saturated heterocycles. The lowest BCUT2D eigenvalue weighted by Gasteiger charge is -2.32. The largest absolute Gasteiger partial charge is 0.355 e. The lowest BCUT2D eigenvalue weighted by molar-refractivity contribution is 0.369. The molecule has 1 atom stereocenters. The quantitative estimate of drug-likeness (QED) is 0.719. The average Bonchev–Trinajstić information content (AvgIpc) is 3.24. The summed E-state index contributed by atoms with van der Waals surface area (Å²) in [7, 11) is 0. The van der Waals surface area contributed by atoms with E-state index in [0.717, 1.165) is 49.1 Å². The normalized spacial score (nSPS) is 17.8. The number of nitrogens with zero attached hydrogens (tertiary/aromatic N) is 7. The molecule has 4 heterocycles. The van der Waals surface area contributed by atoms with Crippen molar-refractivity contribution in [1.82, 2.24) is 30.1 Å². The molecule has 3 aromatic heterocycles. The van der Waals surface area contributed by atoms with Gasteiger partial charge in [-0.1, -0.05) is 5.16 Å². The third-order valence-corrected chi connectivity index (χ3v) is 4.48. The predicted molar refractivity (Wildman–Crippen MR) is 91.6 cm³/mol. The van der Waals surface area contributed by atoms with E-state index < -0.39 is 0 Å². The Bertz CT molecular complexity index is 839. The van der Waals surface area contributed by atoms with Crippen LogP contribution in [0, 0.1) is 19.8 Å². The average molecular weight is 339 g/mol. The Morgan fingerprint density at radius 3 is 2.68 bits per heavy atom. The summed E-state index contributed by atoms with van der Waals surface area (Å²) in [6.07, 6.45) is 5.03. The third-order valence-electron chi connectivity index (χ3n) is 4.48. The third kappa shape index (κ3) is 3.52. The van der Waals surface area contributed by atoms with Gasteiger partial charge in [-0.2, -0.15) is 10.1 Å². The van der Waals surface area contributed by atoms with Gasteiger partial charge in [0.05, 0.1) is 5.69 Å². The summed E-state index contributed by atoms with van der Waals surface area (Å²) in [5, 5.41) is 17.1. The van der Waals surface area contributed by atoms with Crippen LogP contribution in [-0.2, 0) is 6.42 Å². The molecule has 1 aliphatic rings. The van der Waals surface area contributed by atoms with Gasteiger partial charge in [-0.05, 0) is 43.9 Å². The van der Waals surface area contributed by atoms with Gasteiger partial charge in [0.25, 0.3) is 0 Å². The van der Waals surface area contributed by atoms with Gasteiger partial charge in [0.15, 0.2) is 17.5 Å². The fraction of sp³-hybridized carbons (Fsp3) is 0.471. The number of hydrogen-bond donors (Lipinski definition) is 0. The molecule has 0 aromatic carbocycles. The van der Waals surface area contributed by atoms with Gasteiger partial charge in [-0.15, -0.1) is 10.2 Å². The molecule has 1 fully saturated rings. The first-order chi connectivity index (χ1) is 12.2. The van der Waals surface area contributed by atoms with E-state index in [1.807, 2.05) is 38.2 Å². The smallest absolute Gasteiger partial charge is 0.223 e. The molecule has 0 N–H and O–H groups in total. The highest BCUT2D eigenvalue weighted by Gasteiger charge is 2.23. The van der Waals surface area contributed by atoms with Crippen molar-refractivity contribution in [3.8, 4) is 5.82 Å². The van der Waals surface area contributed by atoms with Crippen LogP contribution in [0.1, 0.15) is 30.3 Å². The van der Waals surface area contributed by atoms with Crippen LogP contribution in [0.25, 0.3) is 5.82 Å². The number of rotatable bonds is 4. The zero-order valence-corrected chi connectivity index (χ0v) is 14.5. The maximum Gasteiger partial charge on any atom is 0.223 e. The van der Waals surface area contributed by atoms with E-state index in [1.54, 1.807) is 4.68 Å². The number of piperidine rings is 1. The molecule has 130 valence electrons. The monoisotopic (exact) mass is 339 g/mol. The molecule has 8 nitrogen and oxygen atoms in total. The summed E-state index contributed by atoms with van der Waals surface area (Å²) < 4.78 is 6.81. The number of hydrogen-bond acceptors (Lipinski definition) is 7. The van der Waals surface area contributed by atoms with Crippen molar-refractivity contribution >= 4 is 5.82 Å². The molecule has 0 radical (unpaired) electrons. The first-order valence-corrected chi connectivity index (χ1v) is 8.58. The lowest BCUT2D eigenvalue weighted by Crippen LogP contribution is -2.37. The van der Waals surface area contributed by atoms with Crippen LogP contribution >= 0.6 is 0 Å². The summed E-state index contributed by atoms with van der Waals surface area (Å²) in [4.78, 5) is 6.60. The SMILES string of the molecule is Cc1ccn(-c2ccc(N3CCC[C@H](Cc4noc(C)n4)C3)nn2)n1. The molecule has 0 spiro atoms. The van der Waals surface area contributed by atoms with Gasteiger partial charge in [0.2, 0.25) is 5.89 Å². The maximum absolute atomic E-state index is 5.07.